The fourth-order valence-corrected chi connectivity index (χ4v) is 10.1. The van der Waals surface area contributed by atoms with Crippen LogP contribution in [0.3, 0.4) is 0 Å². The first-order valence-corrected chi connectivity index (χ1v) is 32.7. The van der Waals surface area contributed by atoms with E-state index in [1.807, 2.05) is 0 Å². The fraction of sp³-hybridized carbons (Fsp3) is 0.924. The highest BCUT2D eigenvalue weighted by atomic mass is 16.6. The summed E-state index contributed by atoms with van der Waals surface area (Å²) < 4.78 is 16.9. The van der Waals surface area contributed by atoms with Gasteiger partial charge in [-0.2, -0.15) is 0 Å². The van der Waals surface area contributed by atoms with Gasteiger partial charge in [0, 0.05) is 19.3 Å². The molecule has 1 atom stereocenters. The van der Waals surface area contributed by atoms with Gasteiger partial charge >= 0.3 is 17.9 Å². The zero-order chi connectivity index (χ0) is 52.2. The van der Waals surface area contributed by atoms with Crippen LogP contribution < -0.4 is 0 Å². The van der Waals surface area contributed by atoms with E-state index in [0.717, 1.165) is 64.2 Å². The maximum Gasteiger partial charge on any atom is 0.306 e. The van der Waals surface area contributed by atoms with E-state index in [1.165, 1.54) is 270 Å². The van der Waals surface area contributed by atoms with E-state index < -0.39 is 6.10 Å². The monoisotopic (exact) mass is 1010 g/mol. The third-order valence-electron chi connectivity index (χ3n) is 15.0. The summed E-state index contributed by atoms with van der Waals surface area (Å²) in [4.78, 5) is 38.2. The van der Waals surface area contributed by atoms with E-state index >= 15 is 0 Å². The van der Waals surface area contributed by atoms with Gasteiger partial charge in [0.05, 0.1) is 0 Å². The Bertz CT molecular complexity index is 1120. The second-order valence-corrected chi connectivity index (χ2v) is 22.4. The molecule has 6 nitrogen and oxygen atoms in total. The number of hydrogen-bond acceptors (Lipinski definition) is 6. The van der Waals surface area contributed by atoms with E-state index in [4.69, 9.17) is 14.2 Å². The summed E-state index contributed by atoms with van der Waals surface area (Å²) in [5.41, 5.74) is 0. The van der Waals surface area contributed by atoms with Gasteiger partial charge in [-0.25, -0.2) is 0 Å². The molecule has 0 aromatic rings. The van der Waals surface area contributed by atoms with Gasteiger partial charge < -0.3 is 14.2 Å². The van der Waals surface area contributed by atoms with Crippen LogP contribution >= 0.6 is 0 Å². The number of carbonyl (C=O) groups is 3. The molecular formula is C66H126O6. The molecule has 0 aliphatic heterocycles. The Balaban J connectivity index is 4.10. The zero-order valence-electron chi connectivity index (χ0n) is 49.0. The molecule has 72 heavy (non-hydrogen) atoms. The van der Waals surface area contributed by atoms with Gasteiger partial charge in [0.25, 0.3) is 0 Å². The first-order chi connectivity index (χ1) is 35.5. The number of rotatable bonds is 61. The summed E-state index contributed by atoms with van der Waals surface area (Å²) >= 11 is 0. The Kier molecular flexibility index (Phi) is 60.1. The van der Waals surface area contributed by atoms with Crippen molar-refractivity contribution in [2.75, 3.05) is 13.2 Å². The SMILES string of the molecule is CCCC/C=C\CCCCCCCC(=O)OCC(COC(=O)CCCCCCCCCCCCCCCCCCCCCCCCCCCCCC)OC(=O)CCCCCCCCCCCCCCCCC. The summed E-state index contributed by atoms with van der Waals surface area (Å²) in [5, 5.41) is 0. The molecule has 0 amide bonds. The molecule has 0 spiro atoms. The van der Waals surface area contributed by atoms with Crippen LogP contribution in [-0.4, -0.2) is 37.2 Å². The average Bonchev–Trinajstić information content (AvgIpc) is 3.38. The number of hydrogen-bond donors (Lipinski definition) is 0. The topological polar surface area (TPSA) is 78.9 Å². The van der Waals surface area contributed by atoms with Crippen molar-refractivity contribution < 1.29 is 28.6 Å². The van der Waals surface area contributed by atoms with E-state index in [1.54, 1.807) is 0 Å². The van der Waals surface area contributed by atoms with Crippen LogP contribution in [0, 0.1) is 0 Å². The van der Waals surface area contributed by atoms with Crippen LogP contribution in [-0.2, 0) is 28.6 Å². The van der Waals surface area contributed by atoms with Gasteiger partial charge in [0.15, 0.2) is 6.10 Å². The van der Waals surface area contributed by atoms with Gasteiger partial charge in [-0.05, 0) is 38.5 Å². The lowest BCUT2D eigenvalue weighted by Gasteiger charge is -2.18. The van der Waals surface area contributed by atoms with Crippen LogP contribution in [0.5, 0.6) is 0 Å². The summed E-state index contributed by atoms with van der Waals surface area (Å²) in [6.45, 7) is 6.67. The lowest BCUT2D eigenvalue weighted by atomic mass is 10.0. The largest absolute Gasteiger partial charge is 0.462 e. The van der Waals surface area contributed by atoms with E-state index in [0.29, 0.717) is 19.3 Å². The van der Waals surface area contributed by atoms with Crippen LogP contribution in [0.25, 0.3) is 0 Å². The molecule has 0 saturated carbocycles. The Morgan fingerprint density at radius 2 is 0.472 bits per heavy atom. The van der Waals surface area contributed by atoms with Crippen molar-refractivity contribution in [2.45, 2.75) is 380 Å². The molecule has 0 heterocycles. The molecule has 0 aromatic carbocycles. The van der Waals surface area contributed by atoms with E-state index in [2.05, 4.69) is 32.9 Å². The Hall–Kier alpha value is -1.85. The summed E-state index contributed by atoms with van der Waals surface area (Å²) in [5.74, 6) is -0.849. The van der Waals surface area contributed by atoms with Crippen molar-refractivity contribution in [1.82, 2.24) is 0 Å². The molecule has 426 valence electrons. The molecular weight excluding hydrogens is 889 g/mol. The molecule has 0 fully saturated rings. The lowest BCUT2D eigenvalue weighted by molar-refractivity contribution is -0.167. The standard InChI is InChI=1S/C66H126O6/c1-4-7-10-13-16-19-22-24-26-27-28-29-30-31-32-33-34-35-36-37-38-40-41-44-47-50-53-56-59-65(68)71-62-63(61-70-64(67)58-55-52-49-46-43-21-18-15-12-9-6-3)72-66(69)60-57-54-51-48-45-42-39-25-23-20-17-14-11-8-5-2/h15,18,63H,4-14,16-17,19-62H2,1-3H3/b18-15-. The van der Waals surface area contributed by atoms with Crippen LogP contribution in [0.4, 0.5) is 0 Å². The first-order valence-electron chi connectivity index (χ1n) is 32.7. The number of unbranched alkanes of at least 4 members (excludes halogenated alkanes) is 48. The van der Waals surface area contributed by atoms with Crippen molar-refractivity contribution in [3.8, 4) is 0 Å². The second-order valence-electron chi connectivity index (χ2n) is 22.4. The first kappa shape index (κ1) is 70.1. The Labute approximate surface area is 450 Å². The van der Waals surface area contributed by atoms with Crippen molar-refractivity contribution in [1.29, 1.82) is 0 Å². The van der Waals surface area contributed by atoms with Crippen LogP contribution in [0.15, 0.2) is 12.2 Å². The van der Waals surface area contributed by atoms with Crippen molar-refractivity contribution in [2.24, 2.45) is 0 Å². The van der Waals surface area contributed by atoms with Gasteiger partial charge in [0.1, 0.15) is 13.2 Å². The zero-order valence-corrected chi connectivity index (χ0v) is 49.0. The third kappa shape index (κ3) is 59.0. The van der Waals surface area contributed by atoms with E-state index in [-0.39, 0.29) is 31.1 Å². The van der Waals surface area contributed by atoms with Crippen molar-refractivity contribution in [3.63, 3.8) is 0 Å². The summed E-state index contributed by atoms with van der Waals surface area (Å²) in [6, 6.07) is 0. The molecule has 0 saturated heterocycles. The maximum absolute atomic E-state index is 12.9. The molecule has 1 unspecified atom stereocenters. The van der Waals surface area contributed by atoms with Crippen LogP contribution in [0.2, 0.25) is 0 Å². The maximum atomic E-state index is 12.9. The predicted octanol–water partition coefficient (Wildman–Crippen LogP) is 22.1. The molecule has 0 N–H and O–H groups in total. The number of allylic oxidation sites excluding steroid dienone is 2. The number of esters is 3. The molecule has 6 heteroatoms. The predicted molar refractivity (Wildman–Crippen MR) is 312 cm³/mol. The number of ether oxygens (including phenoxy) is 3. The average molecular weight is 1020 g/mol. The molecule has 0 rings (SSSR count). The minimum Gasteiger partial charge on any atom is -0.462 e. The molecule has 0 radical (unpaired) electrons. The fourth-order valence-electron chi connectivity index (χ4n) is 10.1. The summed E-state index contributed by atoms with van der Waals surface area (Å²) in [7, 11) is 0. The minimum absolute atomic E-state index is 0.0663. The third-order valence-corrected chi connectivity index (χ3v) is 15.0. The van der Waals surface area contributed by atoms with E-state index in [9.17, 15) is 14.4 Å². The molecule has 0 aliphatic rings. The van der Waals surface area contributed by atoms with Gasteiger partial charge in [-0.15, -0.1) is 0 Å². The van der Waals surface area contributed by atoms with Gasteiger partial charge in [-0.1, -0.05) is 328 Å². The van der Waals surface area contributed by atoms with Crippen LogP contribution in [0.1, 0.15) is 374 Å². The van der Waals surface area contributed by atoms with Crippen molar-refractivity contribution >= 4 is 17.9 Å². The van der Waals surface area contributed by atoms with Gasteiger partial charge in [0.2, 0.25) is 0 Å². The smallest absolute Gasteiger partial charge is 0.306 e. The molecule has 0 bridgehead atoms. The molecule has 0 aromatic heterocycles. The highest BCUT2D eigenvalue weighted by Crippen LogP contribution is 2.19. The Morgan fingerprint density at radius 1 is 0.264 bits per heavy atom. The normalized spacial score (nSPS) is 12.0. The summed E-state index contributed by atoms with van der Waals surface area (Å²) in [6.07, 6.45) is 72.4. The minimum atomic E-state index is -0.768. The highest BCUT2D eigenvalue weighted by molar-refractivity contribution is 5.71. The van der Waals surface area contributed by atoms with Gasteiger partial charge in [-0.3, -0.25) is 14.4 Å². The Morgan fingerprint density at radius 3 is 0.736 bits per heavy atom. The quantitative estimate of drug-likeness (QED) is 0.0261. The highest BCUT2D eigenvalue weighted by Gasteiger charge is 2.19. The van der Waals surface area contributed by atoms with Crippen molar-refractivity contribution in [3.05, 3.63) is 12.2 Å². The number of carbonyl (C=O) groups excluding carboxylic acids is 3. The molecule has 0 aliphatic carbocycles. The lowest BCUT2D eigenvalue weighted by Crippen LogP contribution is -2.30. The second kappa shape index (κ2) is 61.7.